The Morgan fingerprint density at radius 3 is 1.07 bits per heavy atom. The number of anilines is 6. The quantitative estimate of drug-likeness (QED) is 0.187. The molecule has 0 radical (unpaired) electrons. The predicted octanol–water partition coefficient (Wildman–Crippen LogP) is 10.7. The van der Waals surface area contributed by atoms with Gasteiger partial charge in [-0.05, 0) is 103 Å². The average molecular weight is 539 g/mol. The van der Waals surface area contributed by atoms with E-state index in [4.69, 9.17) is 0 Å². The van der Waals surface area contributed by atoms with E-state index >= 15 is 0 Å². The molecule has 0 spiro atoms. The molecular weight excluding hydrogens is 508 g/mol. The zero-order chi connectivity index (χ0) is 28.4. The molecular formula is C40H30N2. The molecule has 0 aliphatic rings. The monoisotopic (exact) mass is 538 g/mol. The molecule has 6 aromatic carbocycles. The van der Waals surface area contributed by atoms with Crippen LogP contribution in [0.3, 0.4) is 0 Å². The van der Waals surface area contributed by atoms with Crippen molar-refractivity contribution < 1.29 is 0 Å². The van der Waals surface area contributed by atoms with Crippen molar-refractivity contribution in [3.63, 3.8) is 0 Å². The molecule has 0 heterocycles. The summed E-state index contributed by atoms with van der Waals surface area (Å²) in [6.45, 7) is 0. The Labute approximate surface area is 248 Å². The lowest BCUT2D eigenvalue weighted by molar-refractivity contribution is 1.28. The smallest absolute Gasteiger partial charge is 0.0462 e. The third kappa shape index (κ3) is 6.33. The normalized spacial score (nSPS) is 10.6. The van der Waals surface area contributed by atoms with Gasteiger partial charge in [0.2, 0.25) is 0 Å². The van der Waals surface area contributed by atoms with Crippen LogP contribution in [0.1, 0.15) is 11.1 Å². The molecule has 6 rings (SSSR count). The zero-order valence-electron chi connectivity index (χ0n) is 23.2. The highest BCUT2D eigenvalue weighted by Gasteiger charge is 2.12. The van der Waals surface area contributed by atoms with Crippen molar-refractivity contribution in [3.8, 4) is 11.8 Å². The fourth-order valence-corrected chi connectivity index (χ4v) is 4.89. The summed E-state index contributed by atoms with van der Waals surface area (Å²) in [5, 5.41) is 0. The van der Waals surface area contributed by atoms with Crippen molar-refractivity contribution in [3.05, 3.63) is 187 Å². The van der Waals surface area contributed by atoms with E-state index < -0.39 is 0 Å². The lowest BCUT2D eigenvalue weighted by Gasteiger charge is -2.25. The van der Waals surface area contributed by atoms with Crippen LogP contribution in [0.5, 0.6) is 0 Å². The van der Waals surface area contributed by atoms with E-state index in [0.717, 1.165) is 45.3 Å². The molecule has 200 valence electrons. The summed E-state index contributed by atoms with van der Waals surface area (Å²) in [7, 11) is 0. The first-order chi connectivity index (χ1) is 20.8. The molecule has 0 atom stereocenters. The number of hydrogen-bond donors (Lipinski definition) is 0. The van der Waals surface area contributed by atoms with Gasteiger partial charge in [-0.2, -0.15) is 0 Å². The minimum Gasteiger partial charge on any atom is -0.311 e. The fourth-order valence-electron chi connectivity index (χ4n) is 4.89. The maximum Gasteiger partial charge on any atom is 0.0462 e. The maximum absolute atomic E-state index is 3.27. The first-order valence-corrected chi connectivity index (χ1v) is 14.0. The van der Waals surface area contributed by atoms with E-state index in [-0.39, 0.29) is 0 Å². The Balaban J connectivity index is 1.17. The standard InChI is InChI=1S/C40H30N2/c1-5-17-35(18-6-1)41(36-19-7-2-8-20-36)39-29-25-33(26-30-39)15-13-14-16-34-27-31-40(32-28-34)42(37-21-9-3-10-22-37)38-23-11-4-12-24-38/h1-13,15,17-32H/b15-13-. The van der Waals surface area contributed by atoms with E-state index in [0.29, 0.717) is 0 Å². The fraction of sp³-hybridized carbons (Fsp3) is 0. The Morgan fingerprint density at radius 2 is 0.690 bits per heavy atom. The average Bonchev–Trinajstić information content (AvgIpc) is 3.07. The molecule has 6 aromatic rings. The van der Waals surface area contributed by atoms with Crippen LogP contribution in [-0.2, 0) is 0 Å². The van der Waals surface area contributed by atoms with Crippen LogP contribution in [0, 0.1) is 11.8 Å². The van der Waals surface area contributed by atoms with Crippen molar-refractivity contribution in [1.29, 1.82) is 0 Å². The second-order valence-corrected chi connectivity index (χ2v) is 9.75. The van der Waals surface area contributed by atoms with Gasteiger partial charge in [0, 0.05) is 39.7 Å². The molecule has 0 bridgehead atoms. The highest BCUT2D eigenvalue weighted by atomic mass is 15.1. The van der Waals surface area contributed by atoms with Crippen molar-refractivity contribution in [2.24, 2.45) is 0 Å². The second-order valence-electron chi connectivity index (χ2n) is 9.75. The first kappa shape index (κ1) is 26.4. The van der Waals surface area contributed by atoms with Gasteiger partial charge in [0.25, 0.3) is 0 Å². The highest BCUT2D eigenvalue weighted by Crippen LogP contribution is 2.35. The minimum absolute atomic E-state index is 0.973. The molecule has 0 unspecified atom stereocenters. The summed E-state index contributed by atoms with van der Waals surface area (Å²) in [6.07, 6.45) is 3.96. The van der Waals surface area contributed by atoms with E-state index in [2.05, 4.69) is 167 Å². The SMILES string of the molecule is C(#Cc1ccc(N(c2ccccc2)c2ccccc2)cc1)/C=C\c1ccc(N(c2ccccc2)c2ccccc2)cc1. The van der Waals surface area contributed by atoms with Gasteiger partial charge in [-0.1, -0.05) is 96.8 Å². The van der Waals surface area contributed by atoms with Gasteiger partial charge < -0.3 is 9.80 Å². The lowest BCUT2D eigenvalue weighted by Crippen LogP contribution is -2.09. The summed E-state index contributed by atoms with van der Waals surface area (Å²) in [6, 6.07) is 58.6. The first-order valence-electron chi connectivity index (χ1n) is 14.0. The second kappa shape index (κ2) is 13.0. The third-order valence-electron chi connectivity index (χ3n) is 6.91. The molecule has 2 nitrogen and oxygen atoms in total. The minimum atomic E-state index is 0.973. The van der Waals surface area contributed by atoms with Crippen molar-refractivity contribution in [2.45, 2.75) is 0 Å². The summed E-state index contributed by atoms with van der Waals surface area (Å²) in [5.74, 6) is 6.47. The van der Waals surface area contributed by atoms with Gasteiger partial charge in [0.1, 0.15) is 0 Å². The summed E-state index contributed by atoms with van der Waals surface area (Å²) < 4.78 is 0. The molecule has 0 saturated carbocycles. The van der Waals surface area contributed by atoms with Gasteiger partial charge in [-0.15, -0.1) is 0 Å². The number of nitrogens with zero attached hydrogens (tertiary/aromatic N) is 2. The largest absolute Gasteiger partial charge is 0.311 e. The Hall–Kier alpha value is -5.78. The Morgan fingerprint density at radius 1 is 0.357 bits per heavy atom. The van der Waals surface area contributed by atoms with Crippen LogP contribution in [0.4, 0.5) is 34.1 Å². The highest BCUT2D eigenvalue weighted by molar-refractivity contribution is 5.78. The van der Waals surface area contributed by atoms with Crippen molar-refractivity contribution >= 4 is 40.2 Å². The van der Waals surface area contributed by atoms with Gasteiger partial charge in [0.05, 0.1) is 0 Å². The molecule has 2 heteroatoms. The topological polar surface area (TPSA) is 6.48 Å². The van der Waals surface area contributed by atoms with E-state index in [1.165, 1.54) is 0 Å². The number of allylic oxidation sites excluding steroid dienone is 1. The van der Waals surface area contributed by atoms with Gasteiger partial charge in [-0.25, -0.2) is 0 Å². The van der Waals surface area contributed by atoms with E-state index in [1.54, 1.807) is 0 Å². The summed E-state index contributed by atoms with van der Waals surface area (Å²) in [4.78, 5) is 4.51. The van der Waals surface area contributed by atoms with Crippen LogP contribution in [-0.4, -0.2) is 0 Å². The van der Waals surface area contributed by atoms with Crippen molar-refractivity contribution in [1.82, 2.24) is 0 Å². The van der Waals surface area contributed by atoms with Crippen LogP contribution in [0.2, 0.25) is 0 Å². The van der Waals surface area contributed by atoms with Crippen LogP contribution in [0.25, 0.3) is 6.08 Å². The number of para-hydroxylation sites is 4. The van der Waals surface area contributed by atoms with Crippen LogP contribution >= 0.6 is 0 Å². The van der Waals surface area contributed by atoms with Gasteiger partial charge in [0.15, 0.2) is 0 Å². The molecule has 0 fully saturated rings. The van der Waals surface area contributed by atoms with Crippen molar-refractivity contribution in [2.75, 3.05) is 9.80 Å². The molecule has 0 aliphatic carbocycles. The summed E-state index contributed by atoms with van der Waals surface area (Å²) >= 11 is 0. The zero-order valence-corrected chi connectivity index (χ0v) is 23.2. The van der Waals surface area contributed by atoms with Gasteiger partial charge in [-0.3, -0.25) is 0 Å². The lowest BCUT2D eigenvalue weighted by atomic mass is 10.1. The molecule has 0 amide bonds. The molecule has 0 saturated heterocycles. The Bertz CT molecular complexity index is 1700. The molecule has 0 aliphatic heterocycles. The molecule has 42 heavy (non-hydrogen) atoms. The van der Waals surface area contributed by atoms with Crippen LogP contribution < -0.4 is 9.80 Å². The molecule has 0 N–H and O–H groups in total. The van der Waals surface area contributed by atoms with E-state index in [9.17, 15) is 0 Å². The number of benzene rings is 6. The maximum atomic E-state index is 3.27. The van der Waals surface area contributed by atoms with Crippen LogP contribution in [0.15, 0.2) is 176 Å². The number of hydrogen-bond acceptors (Lipinski definition) is 2. The molecule has 0 aromatic heterocycles. The predicted molar refractivity (Wildman–Crippen MR) is 178 cm³/mol. The van der Waals surface area contributed by atoms with Gasteiger partial charge >= 0.3 is 0 Å². The van der Waals surface area contributed by atoms with E-state index in [1.807, 2.05) is 36.4 Å². The number of rotatable bonds is 7. The summed E-state index contributed by atoms with van der Waals surface area (Å²) in [5.41, 5.74) is 8.76. The Kier molecular flexibility index (Phi) is 8.22. The third-order valence-corrected chi connectivity index (χ3v) is 6.91.